The summed E-state index contributed by atoms with van der Waals surface area (Å²) in [6, 6.07) is 9.60. The van der Waals surface area contributed by atoms with E-state index >= 15 is 0 Å². The van der Waals surface area contributed by atoms with E-state index in [2.05, 4.69) is 0 Å². The number of ether oxygens (including phenoxy) is 5. The molecular weight excluding hydrogens is 336 g/mol. The fourth-order valence-electron chi connectivity index (χ4n) is 2.86. The number of benzene rings is 1. The molecule has 2 aliphatic rings. The molecule has 0 bridgehead atoms. The van der Waals surface area contributed by atoms with Crippen molar-refractivity contribution in [3.8, 4) is 5.75 Å². The number of carbonyl (C=O) groups is 1. The van der Waals surface area contributed by atoms with Gasteiger partial charge in [-0.15, -0.1) is 0 Å². The number of hydrogen-bond donors (Lipinski definition) is 0. The number of hydrogen-bond acceptors (Lipinski definition) is 6. The van der Waals surface area contributed by atoms with Crippen molar-refractivity contribution in [2.24, 2.45) is 5.41 Å². The van der Waals surface area contributed by atoms with Crippen molar-refractivity contribution in [2.75, 3.05) is 19.8 Å². The lowest BCUT2D eigenvalue weighted by Crippen LogP contribution is -2.34. The number of carbonyl (C=O) groups excluding carboxylic acids is 1. The summed E-state index contributed by atoms with van der Waals surface area (Å²) in [5.74, 6) is -0.429. The van der Waals surface area contributed by atoms with Crippen molar-refractivity contribution in [2.45, 2.75) is 58.2 Å². The standard InChI is InChI=1S/C20H28O6/c1-4-19(2,3)18(21)23-12-16-10-11-20(25-16)24-14-17(26-20)13-22-15-8-6-5-7-9-15/h5-9,16-17H,4,10-14H2,1-3H3. The van der Waals surface area contributed by atoms with Gasteiger partial charge in [-0.3, -0.25) is 4.79 Å². The van der Waals surface area contributed by atoms with E-state index in [1.807, 2.05) is 51.1 Å². The minimum atomic E-state index is -1.03. The van der Waals surface area contributed by atoms with Gasteiger partial charge in [-0.2, -0.15) is 0 Å². The Bertz CT molecular complexity index is 602. The molecule has 2 aliphatic heterocycles. The lowest BCUT2D eigenvalue weighted by molar-refractivity contribution is -0.328. The van der Waals surface area contributed by atoms with Crippen molar-refractivity contribution in [1.29, 1.82) is 0 Å². The Morgan fingerprint density at radius 2 is 1.92 bits per heavy atom. The van der Waals surface area contributed by atoms with Crippen molar-refractivity contribution < 1.29 is 28.5 Å². The van der Waals surface area contributed by atoms with Gasteiger partial charge in [-0.1, -0.05) is 25.1 Å². The predicted molar refractivity (Wildman–Crippen MR) is 94.6 cm³/mol. The quantitative estimate of drug-likeness (QED) is 0.692. The molecule has 0 N–H and O–H groups in total. The van der Waals surface area contributed by atoms with Crippen molar-refractivity contribution in [3.63, 3.8) is 0 Å². The Morgan fingerprint density at radius 3 is 2.65 bits per heavy atom. The molecular formula is C20H28O6. The molecule has 1 aromatic carbocycles. The van der Waals surface area contributed by atoms with Gasteiger partial charge in [0.05, 0.1) is 18.1 Å². The molecule has 0 amide bonds. The molecule has 2 saturated heterocycles. The van der Waals surface area contributed by atoms with Gasteiger partial charge in [-0.25, -0.2) is 0 Å². The first-order chi connectivity index (χ1) is 12.4. The zero-order valence-corrected chi connectivity index (χ0v) is 15.7. The van der Waals surface area contributed by atoms with Gasteiger partial charge in [0, 0.05) is 6.42 Å². The molecule has 3 atom stereocenters. The summed E-state index contributed by atoms with van der Waals surface area (Å²) in [6.45, 7) is 6.78. The van der Waals surface area contributed by atoms with Crippen LogP contribution in [0.3, 0.4) is 0 Å². The molecule has 1 aromatic rings. The zero-order chi connectivity index (χ0) is 18.6. The van der Waals surface area contributed by atoms with Crippen molar-refractivity contribution >= 4 is 5.97 Å². The van der Waals surface area contributed by atoms with Gasteiger partial charge >= 0.3 is 5.97 Å². The molecule has 144 valence electrons. The Kier molecular flexibility index (Phi) is 5.85. The zero-order valence-electron chi connectivity index (χ0n) is 15.7. The summed E-state index contributed by atoms with van der Waals surface area (Å²) in [5.41, 5.74) is -0.476. The van der Waals surface area contributed by atoms with E-state index in [0.29, 0.717) is 19.6 Å². The van der Waals surface area contributed by atoms with Gasteiger partial charge in [-0.05, 0) is 38.8 Å². The number of rotatable bonds is 7. The Hall–Kier alpha value is -1.63. The third kappa shape index (κ3) is 4.55. The highest BCUT2D eigenvalue weighted by Gasteiger charge is 2.49. The third-order valence-corrected chi connectivity index (χ3v) is 4.97. The second kappa shape index (κ2) is 7.94. The van der Waals surface area contributed by atoms with Crippen LogP contribution in [0.5, 0.6) is 5.75 Å². The van der Waals surface area contributed by atoms with Crippen LogP contribution >= 0.6 is 0 Å². The van der Waals surface area contributed by atoms with Crippen LogP contribution in [0.2, 0.25) is 0 Å². The monoisotopic (exact) mass is 364 g/mol. The summed E-state index contributed by atoms with van der Waals surface area (Å²) in [6.07, 6.45) is 1.69. The van der Waals surface area contributed by atoms with Crippen LogP contribution in [-0.4, -0.2) is 44.0 Å². The molecule has 0 aliphatic carbocycles. The molecule has 0 radical (unpaired) electrons. The SMILES string of the molecule is CCC(C)(C)C(=O)OCC1CCC2(OCC(COc3ccccc3)O2)O1. The topological polar surface area (TPSA) is 63.2 Å². The second-order valence-corrected chi connectivity index (χ2v) is 7.47. The van der Waals surface area contributed by atoms with E-state index in [1.54, 1.807) is 0 Å². The maximum atomic E-state index is 12.1. The van der Waals surface area contributed by atoms with Crippen LogP contribution in [0.25, 0.3) is 0 Å². The molecule has 3 unspecified atom stereocenters. The lowest BCUT2D eigenvalue weighted by Gasteiger charge is -2.24. The van der Waals surface area contributed by atoms with Crippen LogP contribution in [0, 0.1) is 5.41 Å². The molecule has 3 rings (SSSR count). The summed E-state index contributed by atoms with van der Waals surface area (Å²) < 4.78 is 28.8. The molecule has 1 spiro atoms. The highest BCUT2D eigenvalue weighted by molar-refractivity contribution is 5.75. The van der Waals surface area contributed by atoms with Gasteiger partial charge in [0.2, 0.25) is 0 Å². The Morgan fingerprint density at radius 1 is 1.19 bits per heavy atom. The maximum Gasteiger partial charge on any atom is 0.311 e. The van der Waals surface area contributed by atoms with Gasteiger partial charge in [0.15, 0.2) is 0 Å². The van der Waals surface area contributed by atoms with Crippen LogP contribution in [0.1, 0.15) is 40.0 Å². The number of esters is 1. The van der Waals surface area contributed by atoms with E-state index in [-0.39, 0.29) is 24.8 Å². The summed E-state index contributed by atoms with van der Waals surface area (Å²) in [4.78, 5) is 12.1. The number of para-hydroxylation sites is 1. The molecule has 6 heteroatoms. The van der Waals surface area contributed by atoms with Gasteiger partial charge in [0.1, 0.15) is 25.1 Å². The minimum Gasteiger partial charge on any atom is -0.491 e. The molecule has 2 fully saturated rings. The molecule has 0 saturated carbocycles. The average molecular weight is 364 g/mol. The summed E-state index contributed by atoms with van der Waals surface area (Å²) in [7, 11) is 0. The van der Waals surface area contributed by atoms with Crippen LogP contribution < -0.4 is 4.74 Å². The Balaban J connectivity index is 1.43. The fraction of sp³-hybridized carbons (Fsp3) is 0.650. The smallest absolute Gasteiger partial charge is 0.311 e. The van der Waals surface area contributed by atoms with E-state index < -0.39 is 11.4 Å². The van der Waals surface area contributed by atoms with Crippen LogP contribution in [0.4, 0.5) is 0 Å². The highest BCUT2D eigenvalue weighted by atomic mass is 16.9. The van der Waals surface area contributed by atoms with Gasteiger partial charge < -0.3 is 23.7 Å². The first-order valence-corrected chi connectivity index (χ1v) is 9.27. The largest absolute Gasteiger partial charge is 0.491 e. The van der Waals surface area contributed by atoms with Gasteiger partial charge in [0.25, 0.3) is 5.97 Å². The third-order valence-electron chi connectivity index (χ3n) is 4.97. The molecule has 6 nitrogen and oxygen atoms in total. The fourth-order valence-corrected chi connectivity index (χ4v) is 2.86. The van der Waals surface area contributed by atoms with E-state index in [4.69, 9.17) is 23.7 Å². The average Bonchev–Trinajstić information content (AvgIpc) is 3.25. The minimum absolute atomic E-state index is 0.185. The second-order valence-electron chi connectivity index (χ2n) is 7.47. The predicted octanol–water partition coefficient (Wildman–Crippen LogP) is 3.29. The van der Waals surface area contributed by atoms with E-state index in [9.17, 15) is 4.79 Å². The van der Waals surface area contributed by atoms with Crippen molar-refractivity contribution in [3.05, 3.63) is 30.3 Å². The van der Waals surface area contributed by atoms with Crippen LogP contribution in [-0.2, 0) is 23.7 Å². The highest BCUT2D eigenvalue weighted by Crippen LogP contribution is 2.38. The van der Waals surface area contributed by atoms with Crippen molar-refractivity contribution in [1.82, 2.24) is 0 Å². The molecule has 2 heterocycles. The normalized spacial score (nSPS) is 28.4. The Labute approximate surface area is 154 Å². The lowest BCUT2D eigenvalue weighted by atomic mass is 9.91. The summed E-state index contributed by atoms with van der Waals surface area (Å²) in [5, 5.41) is 0. The van der Waals surface area contributed by atoms with E-state index in [1.165, 1.54) is 0 Å². The van der Waals surface area contributed by atoms with E-state index in [0.717, 1.165) is 18.6 Å². The van der Waals surface area contributed by atoms with Crippen LogP contribution in [0.15, 0.2) is 30.3 Å². The molecule has 0 aromatic heterocycles. The molecule has 26 heavy (non-hydrogen) atoms. The first kappa shape index (κ1) is 19.1. The maximum absolute atomic E-state index is 12.1. The first-order valence-electron chi connectivity index (χ1n) is 9.27. The summed E-state index contributed by atoms with van der Waals surface area (Å²) >= 11 is 0.